The van der Waals surface area contributed by atoms with Crippen molar-refractivity contribution >= 4 is 17.7 Å². The highest BCUT2D eigenvalue weighted by molar-refractivity contribution is 6.05. The molecule has 2 aromatic carbocycles. The van der Waals surface area contributed by atoms with Gasteiger partial charge in [-0.25, -0.2) is 0 Å². The predicted octanol–water partition coefficient (Wildman–Crippen LogP) is 1.63. The number of rotatable bonds is 4. The number of piperidine rings is 1. The molecule has 2 N–H and O–H groups in total. The van der Waals surface area contributed by atoms with Crippen LogP contribution < -0.4 is 15.4 Å². The summed E-state index contributed by atoms with van der Waals surface area (Å²) >= 11 is 0. The minimum Gasteiger partial charge on any atom is -0.489 e. The van der Waals surface area contributed by atoms with Gasteiger partial charge in [0.05, 0.1) is 6.54 Å². The number of carbonyl (C=O) groups excluding carboxylic acids is 3. The second kappa shape index (κ2) is 7.00. The molecular formula is C22H21N3O4. The molecule has 29 heavy (non-hydrogen) atoms. The lowest BCUT2D eigenvalue weighted by Gasteiger charge is -2.29. The molecule has 148 valence electrons. The van der Waals surface area contributed by atoms with E-state index < -0.39 is 11.9 Å². The van der Waals surface area contributed by atoms with Gasteiger partial charge in [0, 0.05) is 30.6 Å². The van der Waals surface area contributed by atoms with E-state index in [1.165, 1.54) is 11.1 Å². The predicted molar refractivity (Wildman–Crippen MR) is 104 cm³/mol. The van der Waals surface area contributed by atoms with E-state index in [0.29, 0.717) is 30.9 Å². The van der Waals surface area contributed by atoms with Crippen molar-refractivity contribution in [3.8, 4) is 5.75 Å². The van der Waals surface area contributed by atoms with E-state index >= 15 is 0 Å². The molecule has 1 saturated heterocycles. The van der Waals surface area contributed by atoms with E-state index in [1.807, 2.05) is 6.07 Å². The summed E-state index contributed by atoms with van der Waals surface area (Å²) < 4.78 is 6.07. The van der Waals surface area contributed by atoms with Crippen LogP contribution in [0.25, 0.3) is 0 Å². The lowest BCUT2D eigenvalue weighted by molar-refractivity contribution is -0.136. The number of nitrogens with zero attached hydrogens (tertiary/aromatic N) is 1. The van der Waals surface area contributed by atoms with Gasteiger partial charge in [0.2, 0.25) is 11.8 Å². The molecule has 7 nitrogen and oxygen atoms in total. The van der Waals surface area contributed by atoms with Crippen molar-refractivity contribution in [1.82, 2.24) is 15.5 Å². The zero-order valence-corrected chi connectivity index (χ0v) is 15.9. The maximum atomic E-state index is 12.9. The van der Waals surface area contributed by atoms with Gasteiger partial charge in [-0.1, -0.05) is 24.3 Å². The van der Waals surface area contributed by atoms with Crippen LogP contribution in [0.15, 0.2) is 36.4 Å². The molecule has 3 amide bonds. The van der Waals surface area contributed by atoms with Crippen LogP contribution in [0.4, 0.5) is 0 Å². The number of hydrogen-bond donors (Lipinski definition) is 2. The van der Waals surface area contributed by atoms with E-state index in [4.69, 9.17) is 4.74 Å². The average molecular weight is 391 g/mol. The third-order valence-electron chi connectivity index (χ3n) is 5.84. The summed E-state index contributed by atoms with van der Waals surface area (Å²) in [6.45, 7) is 2.50. The maximum absolute atomic E-state index is 12.9. The molecule has 0 aliphatic carbocycles. The van der Waals surface area contributed by atoms with Gasteiger partial charge in [-0.15, -0.1) is 0 Å². The van der Waals surface area contributed by atoms with E-state index in [2.05, 4.69) is 28.8 Å². The van der Waals surface area contributed by atoms with E-state index in [9.17, 15) is 14.4 Å². The third kappa shape index (κ3) is 3.17. The molecule has 7 heteroatoms. The number of nitrogens with one attached hydrogen (secondary N) is 2. The van der Waals surface area contributed by atoms with Gasteiger partial charge in [-0.3, -0.25) is 19.7 Å². The van der Waals surface area contributed by atoms with E-state index in [1.54, 1.807) is 17.0 Å². The number of benzene rings is 2. The molecule has 5 rings (SSSR count). The van der Waals surface area contributed by atoms with Crippen LogP contribution in [0.5, 0.6) is 5.75 Å². The molecule has 1 fully saturated rings. The zero-order chi connectivity index (χ0) is 20.0. The Morgan fingerprint density at radius 3 is 2.79 bits per heavy atom. The smallest absolute Gasteiger partial charge is 0.255 e. The van der Waals surface area contributed by atoms with Gasteiger partial charge in [-0.05, 0) is 35.2 Å². The second-order valence-electron chi connectivity index (χ2n) is 7.68. The summed E-state index contributed by atoms with van der Waals surface area (Å²) in [7, 11) is 0. The topological polar surface area (TPSA) is 87.7 Å². The average Bonchev–Trinajstić information content (AvgIpc) is 3.31. The fourth-order valence-electron chi connectivity index (χ4n) is 4.29. The van der Waals surface area contributed by atoms with Gasteiger partial charge in [-0.2, -0.15) is 0 Å². The molecule has 1 unspecified atom stereocenters. The van der Waals surface area contributed by atoms with Crippen molar-refractivity contribution in [3.05, 3.63) is 64.2 Å². The molecule has 0 radical (unpaired) electrons. The summed E-state index contributed by atoms with van der Waals surface area (Å²) in [6, 6.07) is 11.1. The first kappa shape index (κ1) is 17.9. The molecule has 3 heterocycles. The highest BCUT2D eigenvalue weighted by Gasteiger charge is 2.40. The number of fused-ring (bicyclic) bond motifs is 2. The molecule has 1 atom stereocenters. The molecular weight excluding hydrogens is 370 g/mol. The molecule has 0 spiro atoms. The number of ether oxygens (including phenoxy) is 1. The Kier molecular flexibility index (Phi) is 4.32. The molecule has 0 saturated carbocycles. The number of hydrogen-bond acceptors (Lipinski definition) is 5. The largest absolute Gasteiger partial charge is 0.489 e. The maximum Gasteiger partial charge on any atom is 0.255 e. The van der Waals surface area contributed by atoms with Crippen LogP contribution in [-0.4, -0.2) is 28.7 Å². The number of carbonyl (C=O) groups is 3. The van der Waals surface area contributed by atoms with Crippen molar-refractivity contribution in [2.75, 3.05) is 0 Å². The summed E-state index contributed by atoms with van der Waals surface area (Å²) in [5, 5.41) is 5.66. The highest BCUT2D eigenvalue weighted by Crippen LogP contribution is 2.34. The van der Waals surface area contributed by atoms with Gasteiger partial charge in [0.1, 0.15) is 18.4 Å². The summed E-state index contributed by atoms with van der Waals surface area (Å²) in [5.74, 6) is -0.228. The summed E-state index contributed by atoms with van der Waals surface area (Å²) in [5.41, 5.74) is 5.05. The lowest BCUT2D eigenvalue weighted by Crippen LogP contribution is -2.52. The zero-order valence-electron chi connectivity index (χ0n) is 15.9. The van der Waals surface area contributed by atoms with E-state index in [-0.39, 0.29) is 18.2 Å². The second-order valence-corrected chi connectivity index (χ2v) is 7.68. The first-order valence-electron chi connectivity index (χ1n) is 9.81. The molecule has 0 bridgehead atoms. The van der Waals surface area contributed by atoms with Gasteiger partial charge in [0.25, 0.3) is 5.91 Å². The Balaban J connectivity index is 1.34. The normalized spacial score (nSPS) is 20.5. The van der Waals surface area contributed by atoms with Crippen molar-refractivity contribution in [2.24, 2.45) is 0 Å². The molecule has 0 aromatic heterocycles. The van der Waals surface area contributed by atoms with Crippen molar-refractivity contribution < 1.29 is 19.1 Å². The standard InChI is InChI=1S/C22H21N3O4/c26-20-7-6-18(21(27)24-20)25-11-17-16(22(25)28)2-1-3-19(17)29-12-13-4-5-14-9-23-10-15(14)8-13/h1-5,8,18,23H,6-7,9-12H2,(H,24,26,27). The lowest BCUT2D eigenvalue weighted by atomic mass is 10.0. The monoisotopic (exact) mass is 391 g/mol. The minimum atomic E-state index is -0.621. The van der Waals surface area contributed by atoms with Crippen LogP contribution >= 0.6 is 0 Å². The van der Waals surface area contributed by atoms with Crippen LogP contribution in [0, 0.1) is 0 Å². The van der Waals surface area contributed by atoms with Crippen LogP contribution in [0.3, 0.4) is 0 Å². The van der Waals surface area contributed by atoms with Gasteiger partial charge in [0.15, 0.2) is 0 Å². The van der Waals surface area contributed by atoms with Crippen molar-refractivity contribution in [1.29, 1.82) is 0 Å². The van der Waals surface area contributed by atoms with Crippen molar-refractivity contribution in [3.63, 3.8) is 0 Å². The van der Waals surface area contributed by atoms with E-state index in [0.717, 1.165) is 24.2 Å². The van der Waals surface area contributed by atoms with Crippen LogP contribution in [0.2, 0.25) is 0 Å². The van der Waals surface area contributed by atoms with Crippen LogP contribution in [-0.2, 0) is 35.8 Å². The Morgan fingerprint density at radius 2 is 1.93 bits per heavy atom. The Labute approximate surface area is 168 Å². The first-order chi connectivity index (χ1) is 14.1. The van der Waals surface area contributed by atoms with Crippen molar-refractivity contribution in [2.45, 2.75) is 45.1 Å². The highest BCUT2D eigenvalue weighted by atomic mass is 16.5. The number of imide groups is 1. The van der Waals surface area contributed by atoms with Gasteiger partial charge >= 0.3 is 0 Å². The van der Waals surface area contributed by atoms with Crippen LogP contribution in [0.1, 0.15) is 45.5 Å². The third-order valence-corrected chi connectivity index (χ3v) is 5.84. The molecule has 3 aliphatic heterocycles. The fraction of sp³-hybridized carbons (Fsp3) is 0.318. The number of amides is 3. The quantitative estimate of drug-likeness (QED) is 0.774. The first-order valence-corrected chi connectivity index (χ1v) is 9.81. The Hall–Kier alpha value is -3.19. The van der Waals surface area contributed by atoms with Gasteiger partial charge < -0.3 is 15.0 Å². The Morgan fingerprint density at radius 1 is 1.07 bits per heavy atom. The minimum absolute atomic E-state index is 0.191. The SMILES string of the molecule is O=C1CCC(N2Cc3c(OCc4ccc5c(c4)CNC5)cccc3C2=O)C(=O)N1. The molecule has 3 aliphatic rings. The summed E-state index contributed by atoms with van der Waals surface area (Å²) in [6.07, 6.45) is 0.594. The molecule has 2 aromatic rings. The summed E-state index contributed by atoms with van der Waals surface area (Å²) in [4.78, 5) is 38.1. The Bertz CT molecular complexity index is 1030. The fourth-order valence-corrected chi connectivity index (χ4v) is 4.29.